The first-order chi connectivity index (χ1) is 13.6. The number of carbonyl (C=O) groups excluding carboxylic acids is 2. The van der Waals surface area contributed by atoms with Crippen LogP contribution >= 0.6 is 0 Å². The Balaban J connectivity index is 1.77. The van der Waals surface area contributed by atoms with Crippen LogP contribution < -0.4 is 4.74 Å². The fourth-order valence-electron chi connectivity index (χ4n) is 3.66. The number of imidazole rings is 1. The molecule has 0 bridgehead atoms. The molecule has 0 amide bonds. The molecule has 0 saturated carbocycles. The lowest BCUT2D eigenvalue weighted by atomic mass is 9.88. The number of hydrogen-bond acceptors (Lipinski definition) is 4. The Bertz CT molecular complexity index is 1040. The minimum atomic E-state index is -0.0547. The predicted molar refractivity (Wildman–Crippen MR) is 106 cm³/mol. The molecule has 1 aliphatic rings. The third-order valence-corrected chi connectivity index (χ3v) is 5.27. The van der Waals surface area contributed by atoms with E-state index in [-0.39, 0.29) is 23.9 Å². The Morgan fingerprint density at radius 1 is 1.18 bits per heavy atom. The van der Waals surface area contributed by atoms with Gasteiger partial charge in [0.05, 0.1) is 18.6 Å². The van der Waals surface area contributed by atoms with E-state index in [0.717, 1.165) is 11.1 Å². The van der Waals surface area contributed by atoms with E-state index in [9.17, 15) is 9.59 Å². The van der Waals surface area contributed by atoms with Crippen LogP contribution in [-0.4, -0.2) is 27.7 Å². The molecule has 2 heterocycles. The molecule has 142 valence electrons. The van der Waals surface area contributed by atoms with Gasteiger partial charge in [0, 0.05) is 42.9 Å². The minimum absolute atomic E-state index is 0.0144. The molecule has 1 atom stereocenters. The number of aryl methyl sites for hydroxylation is 1. The van der Waals surface area contributed by atoms with Crippen molar-refractivity contribution in [3.05, 3.63) is 82.9 Å². The molecular weight excluding hydrogens is 352 g/mol. The van der Waals surface area contributed by atoms with Crippen LogP contribution in [-0.2, 0) is 13.5 Å². The molecule has 1 unspecified atom stereocenters. The number of benzene rings is 2. The zero-order valence-electron chi connectivity index (χ0n) is 16.0. The Kier molecular flexibility index (Phi) is 4.82. The summed E-state index contributed by atoms with van der Waals surface area (Å²) in [7, 11) is 1.86. The number of aromatic nitrogens is 2. The van der Waals surface area contributed by atoms with E-state index in [4.69, 9.17) is 4.74 Å². The van der Waals surface area contributed by atoms with Gasteiger partial charge in [-0.1, -0.05) is 37.3 Å². The molecule has 0 fully saturated rings. The Morgan fingerprint density at radius 2 is 1.96 bits per heavy atom. The fraction of sp³-hybridized carbons (Fsp3) is 0.261. The third kappa shape index (κ3) is 3.24. The Morgan fingerprint density at radius 3 is 2.64 bits per heavy atom. The molecule has 2 aromatic carbocycles. The maximum Gasteiger partial charge on any atom is 0.170 e. The topological polar surface area (TPSA) is 61.2 Å². The lowest BCUT2D eigenvalue weighted by molar-refractivity contribution is 0.0985. The van der Waals surface area contributed by atoms with Crippen LogP contribution in [0.3, 0.4) is 0 Å². The smallest absolute Gasteiger partial charge is 0.170 e. The second-order valence-corrected chi connectivity index (χ2v) is 7.05. The average molecular weight is 374 g/mol. The number of Topliss-reactive ketones (excluding diaryl/α,β-unsaturated/α-hetero) is 2. The van der Waals surface area contributed by atoms with Gasteiger partial charge in [-0.05, 0) is 17.7 Å². The number of ketones is 2. The summed E-state index contributed by atoms with van der Waals surface area (Å²) >= 11 is 0. The highest BCUT2D eigenvalue weighted by Crippen LogP contribution is 2.41. The summed E-state index contributed by atoms with van der Waals surface area (Å²) < 4.78 is 7.76. The number of nitrogens with zero attached hydrogens (tertiary/aromatic N) is 2. The van der Waals surface area contributed by atoms with Crippen LogP contribution in [0.5, 0.6) is 5.75 Å². The molecule has 5 heteroatoms. The second kappa shape index (κ2) is 7.43. The summed E-state index contributed by atoms with van der Waals surface area (Å²) in [6, 6.07) is 13.6. The average Bonchev–Trinajstić information content (AvgIpc) is 3.33. The zero-order chi connectivity index (χ0) is 19.7. The lowest BCUT2D eigenvalue weighted by Crippen LogP contribution is -2.11. The fourth-order valence-corrected chi connectivity index (χ4v) is 3.66. The van der Waals surface area contributed by atoms with E-state index in [1.54, 1.807) is 12.3 Å². The van der Waals surface area contributed by atoms with Crippen molar-refractivity contribution in [3.8, 4) is 5.75 Å². The largest absolute Gasteiger partial charge is 0.492 e. The monoisotopic (exact) mass is 374 g/mol. The van der Waals surface area contributed by atoms with Crippen LogP contribution in [0.1, 0.15) is 56.9 Å². The first kappa shape index (κ1) is 18.2. The highest BCUT2D eigenvalue weighted by Gasteiger charge is 2.31. The Labute approximate surface area is 164 Å². The predicted octanol–water partition coefficient (Wildman–Crippen LogP) is 3.96. The lowest BCUT2D eigenvalue weighted by Gasteiger charge is -2.12. The number of rotatable bonds is 6. The molecule has 0 radical (unpaired) electrons. The molecule has 0 aliphatic carbocycles. The van der Waals surface area contributed by atoms with Gasteiger partial charge in [-0.2, -0.15) is 0 Å². The zero-order valence-corrected chi connectivity index (χ0v) is 16.0. The van der Waals surface area contributed by atoms with E-state index in [0.29, 0.717) is 35.7 Å². The van der Waals surface area contributed by atoms with Gasteiger partial charge in [0.1, 0.15) is 11.6 Å². The quantitative estimate of drug-likeness (QED) is 0.613. The van der Waals surface area contributed by atoms with Crippen molar-refractivity contribution < 1.29 is 14.3 Å². The standard InChI is InChI=1S/C23H22N2O3/c1-3-20(26)18-12-16(21(27)13-22-24-9-10-25(22)2)11-17-19(14-28-23(17)18)15-7-5-4-6-8-15/h4-12,19H,3,13-14H2,1-2H3. The number of hydrogen-bond donors (Lipinski definition) is 0. The van der Waals surface area contributed by atoms with Gasteiger partial charge in [0.15, 0.2) is 11.6 Å². The van der Waals surface area contributed by atoms with Gasteiger partial charge < -0.3 is 9.30 Å². The van der Waals surface area contributed by atoms with Gasteiger partial charge in [-0.3, -0.25) is 9.59 Å². The van der Waals surface area contributed by atoms with Crippen LogP contribution in [0.25, 0.3) is 0 Å². The molecule has 1 aliphatic heterocycles. The Hall–Kier alpha value is -3.21. The van der Waals surface area contributed by atoms with Gasteiger partial charge in [0.25, 0.3) is 0 Å². The molecule has 3 aromatic rings. The highest BCUT2D eigenvalue weighted by molar-refractivity contribution is 6.04. The molecule has 0 saturated heterocycles. The van der Waals surface area contributed by atoms with Gasteiger partial charge in [-0.25, -0.2) is 4.98 Å². The number of carbonyl (C=O) groups is 2. The van der Waals surface area contributed by atoms with Crippen molar-refractivity contribution in [2.75, 3.05) is 6.61 Å². The third-order valence-electron chi connectivity index (χ3n) is 5.27. The number of ether oxygens (including phenoxy) is 1. The SMILES string of the molecule is CCC(=O)c1cc(C(=O)Cc2nccn2C)cc2c1OCC2c1ccccc1. The van der Waals surface area contributed by atoms with E-state index in [1.165, 1.54) is 0 Å². The maximum atomic E-state index is 13.0. The first-order valence-electron chi connectivity index (χ1n) is 9.46. The summed E-state index contributed by atoms with van der Waals surface area (Å²) in [5.41, 5.74) is 3.06. The van der Waals surface area contributed by atoms with Crippen molar-refractivity contribution >= 4 is 11.6 Å². The summed E-state index contributed by atoms with van der Waals surface area (Å²) in [4.78, 5) is 29.8. The van der Waals surface area contributed by atoms with Crippen LogP contribution in [0.2, 0.25) is 0 Å². The normalized spacial score (nSPS) is 15.1. The van der Waals surface area contributed by atoms with Crippen molar-refractivity contribution in [2.24, 2.45) is 7.05 Å². The summed E-state index contributed by atoms with van der Waals surface area (Å²) in [5, 5.41) is 0. The van der Waals surface area contributed by atoms with Crippen molar-refractivity contribution in [1.29, 1.82) is 0 Å². The van der Waals surface area contributed by atoms with Gasteiger partial charge in [-0.15, -0.1) is 0 Å². The van der Waals surface area contributed by atoms with E-state index in [2.05, 4.69) is 4.98 Å². The first-order valence-corrected chi connectivity index (χ1v) is 9.46. The number of fused-ring (bicyclic) bond motifs is 1. The van der Waals surface area contributed by atoms with Crippen molar-refractivity contribution in [3.63, 3.8) is 0 Å². The van der Waals surface area contributed by atoms with E-state index in [1.807, 2.05) is 61.1 Å². The van der Waals surface area contributed by atoms with E-state index >= 15 is 0 Å². The highest BCUT2D eigenvalue weighted by atomic mass is 16.5. The molecule has 4 rings (SSSR count). The minimum Gasteiger partial charge on any atom is -0.492 e. The molecule has 28 heavy (non-hydrogen) atoms. The second-order valence-electron chi connectivity index (χ2n) is 7.05. The summed E-state index contributed by atoms with van der Waals surface area (Å²) in [5.74, 6) is 1.26. The van der Waals surface area contributed by atoms with Crippen LogP contribution in [0, 0.1) is 0 Å². The molecular formula is C23H22N2O3. The summed E-state index contributed by atoms with van der Waals surface area (Å²) in [6.45, 7) is 2.29. The molecule has 1 aromatic heterocycles. The molecule has 0 spiro atoms. The molecule has 5 nitrogen and oxygen atoms in total. The van der Waals surface area contributed by atoms with E-state index < -0.39 is 0 Å². The maximum absolute atomic E-state index is 13.0. The van der Waals surface area contributed by atoms with Gasteiger partial charge in [0.2, 0.25) is 0 Å². The van der Waals surface area contributed by atoms with Crippen molar-refractivity contribution in [2.45, 2.75) is 25.7 Å². The van der Waals surface area contributed by atoms with Crippen molar-refractivity contribution in [1.82, 2.24) is 9.55 Å². The summed E-state index contributed by atoms with van der Waals surface area (Å²) in [6.07, 6.45) is 4.05. The van der Waals surface area contributed by atoms with Crippen LogP contribution in [0.15, 0.2) is 54.9 Å². The van der Waals surface area contributed by atoms with Gasteiger partial charge >= 0.3 is 0 Å². The van der Waals surface area contributed by atoms with Crippen LogP contribution in [0.4, 0.5) is 0 Å². The molecule has 0 N–H and O–H groups in total.